The zero-order chi connectivity index (χ0) is 20.8. The van der Waals surface area contributed by atoms with Crippen molar-refractivity contribution < 1.29 is 9.57 Å². The molecule has 0 aliphatic carbocycles. The maximum atomic E-state index is 6.47. The van der Waals surface area contributed by atoms with Crippen LogP contribution in [0.15, 0.2) is 51.4 Å². The molecular formula is C22H26ClN3O2S. The Bertz CT molecular complexity index is 917. The van der Waals surface area contributed by atoms with Gasteiger partial charge in [0.2, 0.25) is 0 Å². The van der Waals surface area contributed by atoms with Crippen LogP contribution in [0.25, 0.3) is 0 Å². The summed E-state index contributed by atoms with van der Waals surface area (Å²) in [4.78, 5) is 13.3. The second-order valence-corrected chi connectivity index (χ2v) is 8.40. The Labute approximate surface area is 181 Å². The number of halogens is 1. The molecule has 1 heterocycles. The Morgan fingerprint density at radius 3 is 2.97 bits per heavy atom. The van der Waals surface area contributed by atoms with Crippen molar-refractivity contribution in [1.29, 1.82) is 0 Å². The minimum atomic E-state index is 0.0373. The van der Waals surface area contributed by atoms with Crippen molar-refractivity contribution in [3.63, 3.8) is 0 Å². The van der Waals surface area contributed by atoms with Gasteiger partial charge in [-0.05, 0) is 49.7 Å². The van der Waals surface area contributed by atoms with Gasteiger partial charge in [0, 0.05) is 36.2 Å². The van der Waals surface area contributed by atoms with Gasteiger partial charge < -0.3 is 14.5 Å². The lowest BCUT2D eigenvalue weighted by molar-refractivity contribution is 0.103. The molecule has 0 N–H and O–H groups in total. The van der Waals surface area contributed by atoms with E-state index in [-0.39, 0.29) is 6.10 Å². The summed E-state index contributed by atoms with van der Waals surface area (Å²) in [6, 6.07) is 12.0. The minimum absolute atomic E-state index is 0.0373. The Balaban J connectivity index is 1.63. The summed E-state index contributed by atoms with van der Waals surface area (Å²) in [6.45, 7) is 5.01. The summed E-state index contributed by atoms with van der Waals surface area (Å²) in [5.41, 5.74) is 3.80. The van der Waals surface area contributed by atoms with Gasteiger partial charge >= 0.3 is 0 Å². The molecule has 0 saturated heterocycles. The van der Waals surface area contributed by atoms with Gasteiger partial charge in [0.15, 0.2) is 0 Å². The zero-order valence-electron chi connectivity index (χ0n) is 17.2. The van der Waals surface area contributed by atoms with Gasteiger partial charge in [-0.15, -0.1) is 11.8 Å². The fraction of sp³-hybridized carbons (Fsp3) is 0.364. The first-order valence-electron chi connectivity index (χ1n) is 9.54. The molecule has 154 valence electrons. The highest BCUT2D eigenvalue weighted by molar-refractivity contribution is 7.99. The van der Waals surface area contributed by atoms with Crippen molar-refractivity contribution in [3.05, 3.63) is 52.5 Å². The molecule has 1 aliphatic heterocycles. The zero-order valence-corrected chi connectivity index (χ0v) is 18.8. The van der Waals surface area contributed by atoms with Crippen LogP contribution in [0.3, 0.4) is 0 Å². The van der Waals surface area contributed by atoms with Crippen molar-refractivity contribution in [2.75, 3.05) is 26.5 Å². The van der Waals surface area contributed by atoms with Crippen LogP contribution in [0.4, 0.5) is 5.69 Å². The van der Waals surface area contributed by atoms with E-state index in [4.69, 9.17) is 21.2 Å². The normalized spacial score (nSPS) is 16.0. The third kappa shape index (κ3) is 5.67. The smallest absolute Gasteiger partial charge is 0.142 e. The number of nitrogens with zero attached hydrogens (tertiary/aromatic N) is 3. The van der Waals surface area contributed by atoms with E-state index in [0.29, 0.717) is 5.02 Å². The van der Waals surface area contributed by atoms with Crippen molar-refractivity contribution in [2.45, 2.75) is 31.3 Å². The molecule has 0 fully saturated rings. The molecule has 2 aromatic rings. The topological polar surface area (TPSA) is 46.4 Å². The van der Waals surface area contributed by atoms with Gasteiger partial charge in [0.05, 0.1) is 29.9 Å². The number of aliphatic imine (C=N–C) groups is 1. The molecule has 29 heavy (non-hydrogen) atoms. The Hall–Kier alpha value is -2.18. The highest BCUT2D eigenvalue weighted by Gasteiger charge is 2.24. The van der Waals surface area contributed by atoms with Gasteiger partial charge in [-0.2, -0.15) is 0 Å². The highest BCUT2D eigenvalue weighted by Crippen LogP contribution is 2.32. The van der Waals surface area contributed by atoms with Gasteiger partial charge in [-0.1, -0.05) is 22.8 Å². The summed E-state index contributed by atoms with van der Waals surface area (Å²) in [5, 5.41) is 4.94. The minimum Gasteiger partial charge on any atom is -0.497 e. The van der Waals surface area contributed by atoms with E-state index in [1.165, 1.54) is 0 Å². The molecular weight excluding hydrogens is 406 g/mol. The lowest BCUT2D eigenvalue weighted by Crippen LogP contribution is -2.14. The van der Waals surface area contributed by atoms with Crippen molar-refractivity contribution >= 4 is 41.1 Å². The molecule has 0 bridgehead atoms. The summed E-state index contributed by atoms with van der Waals surface area (Å²) < 4.78 is 5.28. The van der Waals surface area contributed by atoms with Crippen LogP contribution in [-0.4, -0.2) is 49.5 Å². The predicted molar refractivity (Wildman–Crippen MR) is 122 cm³/mol. The second kappa shape index (κ2) is 10.0. The lowest BCUT2D eigenvalue weighted by Gasteiger charge is -2.11. The number of hydrogen-bond donors (Lipinski definition) is 0. The molecule has 2 aromatic carbocycles. The van der Waals surface area contributed by atoms with E-state index in [1.807, 2.05) is 42.3 Å². The highest BCUT2D eigenvalue weighted by atomic mass is 35.5. The Morgan fingerprint density at radius 1 is 1.38 bits per heavy atom. The largest absolute Gasteiger partial charge is 0.497 e. The fourth-order valence-corrected chi connectivity index (χ4v) is 4.02. The van der Waals surface area contributed by atoms with Crippen LogP contribution in [0.1, 0.15) is 24.5 Å². The van der Waals surface area contributed by atoms with E-state index in [1.54, 1.807) is 25.2 Å². The monoisotopic (exact) mass is 431 g/mol. The maximum Gasteiger partial charge on any atom is 0.142 e. The standard InChI is InChI=1S/C22H26ClN3O2S/c1-5-26(3)14-24-22-9-15(2)19(12-20(22)23)21-11-17(28-25-21)13-29-18-8-6-7-16(10-18)27-4/h6-10,12,14,17H,5,11,13H2,1-4H3. The first kappa shape index (κ1) is 21.5. The van der Waals surface area contributed by atoms with E-state index in [0.717, 1.165) is 51.9 Å². The molecule has 7 heteroatoms. The van der Waals surface area contributed by atoms with Crippen molar-refractivity contribution in [3.8, 4) is 5.75 Å². The predicted octanol–water partition coefficient (Wildman–Crippen LogP) is 5.55. The molecule has 0 saturated carbocycles. The summed E-state index contributed by atoms with van der Waals surface area (Å²) >= 11 is 8.21. The van der Waals surface area contributed by atoms with E-state index < -0.39 is 0 Å². The van der Waals surface area contributed by atoms with Crippen LogP contribution >= 0.6 is 23.4 Å². The fourth-order valence-electron chi connectivity index (χ4n) is 2.88. The van der Waals surface area contributed by atoms with Crippen LogP contribution in [0, 0.1) is 6.92 Å². The number of aryl methyl sites for hydroxylation is 1. The van der Waals surface area contributed by atoms with E-state index in [2.05, 4.69) is 30.1 Å². The summed E-state index contributed by atoms with van der Waals surface area (Å²) in [6.07, 6.45) is 2.59. The average molecular weight is 432 g/mol. The number of benzene rings is 2. The van der Waals surface area contributed by atoms with Gasteiger partial charge in [-0.3, -0.25) is 0 Å². The van der Waals surface area contributed by atoms with Gasteiger partial charge in [0.1, 0.15) is 11.9 Å². The number of hydrogen-bond acceptors (Lipinski definition) is 5. The molecule has 0 radical (unpaired) electrons. The van der Waals surface area contributed by atoms with E-state index >= 15 is 0 Å². The third-order valence-electron chi connectivity index (χ3n) is 4.71. The average Bonchev–Trinajstić information content (AvgIpc) is 3.21. The van der Waals surface area contributed by atoms with Gasteiger partial charge in [-0.25, -0.2) is 4.99 Å². The number of rotatable bonds is 8. The molecule has 1 atom stereocenters. The lowest BCUT2D eigenvalue weighted by atomic mass is 10.00. The van der Waals surface area contributed by atoms with Crippen LogP contribution in [0.5, 0.6) is 5.75 Å². The molecule has 5 nitrogen and oxygen atoms in total. The van der Waals surface area contributed by atoms with E-state index in [9.17, 15) is 0 Å². The van der Waals surface area contributed by atoms with Crippen LogP contribution < -0.4 is 4.74 Å². The number of oxime groups is 1. The molecule has 0 amide bonds. The molecule has 1 unspecified atom stereocenters. The SMILES string of the molecule is CCN(C)C=Nc1cc(C)c(C2=NOC(CSc3cccc(OC)c3)C2)cc1Cl. The van der Waals surface area contributed by atoms with Crippen molar-refractivity contribution in [2.24, 2.45) is 10.1 Å². The number of methoxy groups -OCH3 is 1. The van der Waals surface area contributed by atoms with Gasteiger partial charge in [0.25, 0.3) is 0 Å². The molecule has 0 spiro atoms. The third-order valence-corrected chi connectivity index (χ3v) is 6.14. The Kier molecular flexibility index (Phi) is 7.45. The second-order valence-electron chi connectivity index (χ2n) is 6.90. The molecule has 1 aliphatic rings. The summed E-state index contributed by atoms with van der Waals surface area (Å²) in [7, 11) is 3.66. The first-order chi connectivity index (χ1) is 14.0. The van der Waals surface area contributed by atoms with Crippen LogP contribution in [0.2, 0.25) is 5.02 Å². The quantitative estimate of drug-likeness (QED) is 0.312. The number of ether oxygens (including phenoxy) is 1. The number of thioether (sulfide) groups is 1. The maximum absolute atomic E-state index is 6.47. The Morgan fingerprint density at radius 2 is 2.21 bits per heavy atom. The van der Waals surface area contributed by atoms with Crippen molar-refractivity contribution in [1.82, 2.24) is 4.90 Å². The molecule has 0 aromatic heterocycles. The summed E-state index contributed by atoms with van der Waals surface area (Å²) in [5.74, 6) is 1.68. The van der Waals surface area contributed by atoms with Crippen LogP contribution in [-0.2, 0) is 4.84 Å². The first-order valence-corrected chi connectivity index (χ1v) is 10.9. The molecule has 3 rings (SSSR count).